The van der Waals surface area contributed by atoms with Gasteiger partial charge in [-0.15, -0.1) is 0 Å². The van der Waals surface area contributed by atoms with E-state index in [1.54, 1.807) is 6.07 Å². The number of imidazole rings is 1. The molecular formula is C38H41ClFN7O3. The molecule has 50 heavy (non-hydrogen) atoms. The number of hydrogen-bond donors (Lipinski definition) is 2. The highest BCUT2D eigenvalue weighted by Crippen LogP contribution is 2.35. The third kappa shape index (κ3) is 5.80. The molecule has 0 bridgehead atoms. The van der Waals surface area contributed by atoms with Crippen molar-refractivity contribution < 1.29 is 14.0 Å². The SMILES string of the molecule is CC(C)n1c2cc(N3CCC(N4CCC(c5ccc(NC6CCC(=O)NC6=O)cc5F)CC4)CC3)ccc2n2c3cccc(Cl)c3c(=O)nc12. The molecule has 2 aromatic heterocycles. The van der Waals surface area contributed by atoms with Crippen LogP contribution in [0.15, 0.2) is 59.4 Å². The summed E-state index contributed by atoms with van der Waals surface area (Å²) >= 11 is 6.45. The quantitative estimate of drug-likeness (QED) is 0.203. The number of nitrogens with zero attached hydrogens (tertiary/aromatic N) is 5. The molecule has 3 aliphatic rings. The summed E-state index contributed by atoms with van der Waals surface area (Å²) in [5.41, 5.74) is 4.92. The number of carbonyl (C=O) groups is 2. The lowest BCUT2D eigenvalue weighted by atomic mass is 9.87. The fourth-order valence-electron chi connectivity index (χ4n) is 8.37. The molecule has 3 fully saturated rings. The maximum atomic E-state index is 15.3. The number of nitrogens with one attached hydrogen (secondary N) is 2. The molecule has 0 saturated carbocycles. The van der Waals surface area contributed by atoms with Crippen molar-refractivity contribution in [1.29, 1.82) is 0 Å². The highest BCUT2D eigenvalue weighted by atomic mass is 35.5. The molecule has 260 valence electrons. The molecule has 2 N–H and O–H groups in total. The van der Waals surface area contributed by atoms with Crippen LogP contribution in [-0.2, 0) is 9.59 Å². The van der Waals surface area contributed by atoms with Crippen molar-refractivity contribution in [2.24, 2.45) is 0 Å². The molecule has 5 aromatic rings. The van der Waals surface area contributed by atoms with Crippen LogP contribution in [0.5, 0.6) is 0 Å². The van der Waals surface area contributed by atoms with E-state index in [1.807, 2.05) is 24.3 Å². The molecule has 8 rings (SSSR count). The third-order valence-electron chi connectivity index (χ3n) is 10.9. The summed E-state index contributed by atoms with van der Waals surface area (Å²) in [4.78, 5) is 46.2. The lowest BCUT2D eigenvalue weighted by Gasteiger charge is -2.42. The van der Waals surface area contributed by atoms with Crippen LogP contribution in [0.25, 0.3) is 27.7 Å². The molecule has 2 amide bonds. The van der Waals surface area contributed by atoms with Gasteiger partial charge in [0.1, 0.15) is 11.9 Å². The van der Waals surface area contributed by atoms with Crippen molar-refractivity contribution in [3.63, 3.8) is 0 Å². The van der Waals surface area contributed by atoms with E-state index in [2.05, 4.69) is 66.4 Å². The summed E-state index contributed by atoms with van der Waals surface area (Å²) < 4.78 is 19.5. The molecule has 3 aliphatic heterocycles. The van der Waals surface area contributed by atoms with Crippen LogP contribution in [0.1, 0.15) is 69.9 Å². The van der Waals surface area contributed by atoms with E-state index in [9.17, 15) is 14.4 Å². The largest absolute Gasteiger partial charge is 0.374 e. The molecule has 0 spiro atoms. The van der Waals surface area contributed by atoms with Crippen LogP contribution in [0.4, 0.5) is 15.8 Å². The molecule has 3 aromatic carbocycles. The predicted octanol–water partition coefficient (Wildman–Crippen LogP) is 6.24. The zero-order valence-corrected chi connectivity index (χ0v) is 29.0. The minimum absolute atomic E-state index is 0.0934. The molecule has 10 nitrogen and oxygen atoms in total. The molecule has 12 heteroatoms. The Morgan fingerprint density at radius 3 is 2.40 bits per heavy atom. The van der Waals surface area contributed by atoms with Gasteiger partial charge in [0.25, 0.3) is 5.56 Å². The van der Waals surface area contributed by atoms with Gasteiger partial charge >= 0.3 is 0 Å². The van der Waals surface area contributed by atoms with Crippen LogP contribution in [0.3, 0.4) is 0 Å². The monoisotopic (exact) mass is 697 g/mol. The van der Waals surface area contributed by atoms with E-state index >= 15 is 4.39 Å². The van der Waals surface area contributed by atoms with Crippen molar-refractivity contribution >= 4 is 62.5 Å². The number of amides is 2. The Morgan fingerprint density at radius 1 is 0.900 bits per heavy atom. The van der Waals surface area contributed by atoms with Gasteiger partial charge in [0.05, 0.1) is 27.0 Å². The maximum absolute atomic E-state index is 15.3. The number of rotatable bonds is 6. The Bertz CT molecular complexity index is 2200. The number of imide groups is 1. The topological polar surface area (TPSA) is 104 Å². The van der Waals surface area contributed by atoms with E-state index in [1.165, 1.54) is 6.07 Å². The predicted molar refractivity (Wildman–Crippen MR) is 195 cm³/mol. The summed E-state index contributed by atoms with van der Waals surface area (Å²) in [5, 5.41) is 6.26. The number of likely N-dealkylation sites (tertiary alicyclic amines) is 1. The molecule has 5 heterocycles. The van der Waals surface area contributed by atoms with Gasteiger partial charge in [-0.25, -0.2) is 4.39 Å². The molecule has 0 aliphatic carbocycles. The summed E-state index contributed by atoms with van der Waals surface area (Å²) in [6.07, 6.45) is 4.61. The van der Waals surface area contributed by atoms with Gasteiger partial charge in [0.15, 0.2) is 0 Å². The number of piperidine rings is 3. The number of halogens is 2. The minimum Gasteiger partial charge on any atom is -0.374 e. The molecule has 0 radical (unpaired) electrons. The van der Waals surface area contributed by atoms with E-state index in [0.717, 1.165) is 79.7 Å². The average molecular weight is 698 g/mol. The van der Waals surface area contributed by atoms with Gasteiger partial charge in [0.2, 0.25) is 17.6 Å². The van der Waals surface area contributed by atoms with Gasteiger partial charge < -0.3 is 19.7 Å². The fourth-order valence-corrected chi connectivity index (χ4v) is 8.62. The minimum atomic E-state index is -0.535. The second kappa shape index (κ2) is 13.0. The normalized spacial score (nSPS) is 20.0. The molecule has 3 saturated heterocycles. The Labute approximate surface area is 294 Å². The lowest BCUT2D eigenvalue weighted by Crippen LogP contribution is -2.47. The number of benzene rings is 3. The van der Waals surface area contributed by atoms with Gasteiger partial charge in [-0.1, -0.05) is 23.7 Å². The zero-order valence-electron chi connectivity index (χ0n) is 28.3. The Balaban J connectivity index is 0.927. The number of aromatic nitrogens is 3. The second-order valence-corrected chi connectivity index (χ2v) is 14.6. The zero-order chi connectivity index (χ0) is 34.7. The standard InChI is InChI=1S/C38H41ClFN7O3/c1-22(2)46-33-21-26(7-10-31(33)47-32-5-3-4-28(39)35(32)37(50)43-38(46)47)45-18-14-25(15-19-45)44-16-12-23(13-17-44)27-8-6-24(20-29(27)40)41-30-9-11-34(48)42-36(30)49/h3-8,10,20-23,25,30,41H,9,11-19H2,1-2H3,(H,42,48,49). The first kappa shape index (κ1) is 32.7. The van der Waals surface area contributed by atoms with Crippen molar-refractivity contribution in [2.75, 3.05) is 36.4 Å². The van der Waals surface area contributed by atoms with Crippen LogP contribution in [-0.4, -0.2) is 68.9 Å². The smallest absolute Gasteiger partial charge is 0.283 e. The Morgan fingerprint density at radius 2 is 1.68 bits per heavy atom. The van der Waals surface area contributed by atoms with Gasteiger partial charge in [-0.05, 0) is 113 Å². The van der Waals surface area contributed by atoms with Crippen LogP contribution in [0.2, 0.25) is 5.02 Å². The van der Waals surface area contributed by atoms with Crippen molar-refractivity contribution in [3.05, 3.63) is 81.4 Å². The summed E-state index contributed by atoms with van der Waals surface area (Å²) in [7, 11) is 0. The lowest BCUT2D eigenvalue weighted by molar-refractivity contribution is -0.133. The molecule has 1 unspecified atom stereocenters. The number of fused-ring (bicyclic) bond motifs is 5. The third-order valence-corrected chi connectivity index (χ3v) is 11.3. The van der Waals surface area contributed by atoms with E-state index in [0.29, 0.717) is 34.3 Å². The van der Waals surface area contributed by atoms with Crippen LogP contribution in [0, 0.1) is 5.82 Å². The first-order chi connectivity index (χ1) is 24.2. The van der Waals surface area contributed by atoms with E-state index in [4.69, 9.17) is 11.6 Å². The average Bonchev–Trinajstić information content (AvgIpc) is 3.43. The van der Waals surface area contributed by atoms with Crippen molar-refractivity contribution in [1.82, 2.24) is 24.2 Å². The van der Waals surface area contributed by atoms with E-state index < -0.39 is 6.04 Å². The van der Waals surface area contributed by atoms with Crippen LogP contribution < -0.4 is 21.1 Å². The first-order valence-electron chi connectivity index (χ1n) is 17.7. The number of carbonyl (C=O) groups excluding carboxylic acids is 2. The van der Waals surface area contributed by atoms with Crippen molar-refractivity contribution in [2.45, 2.75) is 76.4 Å². The van der Waals surface area contributed by atoms with Crippen molar-refractivity contribution in [3.8, 4) is 0 Å². The summed E-state index contributed by atoms with van der Waals surface area (Å²) in [5.74, 6) is -0.101. The van der Waals surface area contributed by atoms with Gasteiger partial charge in [-0.2, -0.15) is 4.98 Å². The summed E-state index contributed by atoms with van der Waals surface area (Å²) in [6, 6.07) is 17.3. The second-order valence-electron chi connectivity index (χ2n) is 14.2. The van der Waals surface area contributed by atoms with Gasteiger partial charge in [0, 0.05) is 43.0 Å². The Hall–Kier alpha value is -4.48. The van der Waals surface area contributed by atoms with Gasteiger partial charge in [-0.3, -0.25) is 24.1 Å². The molecule has 1 atom stereocenters. The first-order valence-corrected chi connectivity index (χ1v) is 18.1. The number of hydrogen-bond acceptors (Lipinski definition) is 7. The summed E-state index contributed by atoms with van der Waals surface area (Å²) in [6.45, 7) is 8.00. The highest BCUT2D eigenvalue weighted by Gasteiger charge is 2.31. The number of anilines is 2. The Kier molecular flexibility index (Phi) is 8.51. The fraction of sp³-hybridized carbons (Fsp3) is 0.421. The molecular weight excluding hydrogens is 657 g/mol. The highest BCUT2D eigenvalue weighted by molar-refractivity contribution is 6.35. The maximum Gasteiger partial charge on any atom is 0.283 e. The van der Waals surface area contributed by atoms with Crippen LogP contribution >= 0.6 is 11.6 Å². The van der Waals surface area contributed by atoms with E-state index in [-0.39, 0.29) is 41.6 Å².